The standard InChI is InChI=1S/C14H14N4/c1-14(2,10-6-4-3-5-7-10)13-17-11-8-15-9-16-12(11)18-13/h3-9H,1-2H3,(H,15,16,17,18). The number of H-pyrrole nitrogens is 1. The molecule has 90 valence electrons. The third-order valence-electron chi connectivity index (χ3n) is 3.25. The van der Waals surface area contributed by atoms with Crippen molar-refractivity contribution in [2.45, 2.75) is 19.3 Å². The van der Waals surface area contributed by atoms with Crippen molar-refractivity contribution in [3.63, 3.8) is 0 Å². The summed E-state index contributed by atoms with van der Waals surface area (Å²) >= 11 is 0. The Morgan fingerprint density at radius 1 is 1.11 bits per heavy atom. The van der Waals surface area contributed by atoms with Gasteiger partial charge in [-0.2, -0.15) is 0 Å². The SMILES string of the molecule is CC(C)(c1ccccc1)c1nc2ncncc2[nH]1. The Bertz CT molecular complexity index is 637. The minimum absolute atomic E-state index is 0.179. The second-order valence-corrected chi connectivity index (χ2v) is 4.84. The van der Waals surface area contributed by atoms with E-state index < -0.39 is 0 Å². The molecule has 4 heteroatoms. The van der Waals surface area contributed by atoms with E-state index in [0.717, 1.165) is 11.3 Å². The molecule has 0 atom stereocenters. The van der Waals surface area contributed by atoms with Crippen molar-refractivity contribution in [1.29, 1.82) is 0 Å². The van der Waals surface area contributed by atoms with Crippen LogP contribution in [0.1, 0.15) is 25.2 Å². The van der Waals surface area contributed by atoms with Crippen LogP contribution in [0, 0.1) is 0 Å². The normalized spacial score (nSPS) is 11.9. The van der Waals surface area contributed by atoms with Gasteiger partial charge in [0.25, 0.3) is 0 Å². The van der Waals surface area contributed by atoms with Gasteiger partial charge in [-0.05, 0) is 19.4 Å². The van der Waals surface area contributed by atoms with E-state index in [1.807, 2.05) is 18.2 Å². The van der Waals surface area contributed by atoms with Crippen molar-refractivity contribution in [1.82, 2.24) is 19.9 Å². The van der Waals surface area contributed by atoms with Crippen LogP contribution in [-0.4, -0.2) is 19.9 Å². The summed E-state index contributed by atoms with van der Waals surface area (Å²) in [4.78, 5) is 16.0. The first-order valence-electron chi connectivity index (χ1n) is 5.89. The summed E-state index contributed by atoms with van der Waals surface area (Å²) in [6.07, 6.45) is 3.27. The Morgan fingerprint density at radius 2 is 1.89 bits per heavy atom. The van der Waals surface area contributed by atoms with Gasteiger partial charge in [-0.15, -0.1) is 0 Å². The zero-order valence-corrected chi connectivity index (χ0v) is 10.4. The van der Waals surface area contributed by atoms with E-state index in [0.29, 0.717) is 5.65 Å². The van der Waals surface area contributed by atoms with Gasteiger partial charge in [0.05, 0.1) is 6.20 Å². The molecule has 2 aromatic heterocycles. The van der Waals surface area contributed by atoms with Crippen LogP contribution in [-0.2, 0) is 5.41 Å². The molecule has 0 radical (unpaired) electrons. The fourth-order valence-corrected chi connectivity index (χ4v) is 2.05. The maximum atomic E-state index is 4.55. The zero-order chi connectivity index (χ0) is 12.6. The summed E-state index contributed by atoms with van der Waals surface area (Å²) in [6.45, 7) is 4.29. The van der Waals surface area contributed by atoms with Crippen molar-refractivity contribution < 1.29 is 0 Å². The smallest absolute Gasteiger partial charge is 0.180 e. The highest BCUT2D eigenvalue weighted by molar-refractivity contribution is 5.69. The highest BCUT2D eigenvalue weighted by atomic mass is 15.0. The van der Waals surface area contributed by atoms with Crippen LogP contribution in [0.4, 0.5) is 0 Å². The first-order chi connectivity index (χ1) is 8.68. The Hall–Kier alpha value is -2.23. The van der Waals surface area contributed by atoms with E-state index >= 15 is 0 Å². The van der Waals surface area contributed by atoms with Crippen molar-refractivity contribution in [2.24, 2.45) is 0 Å². The quantitative estimate of drug-likeness (QED) is 0.746. The van der Waals surface area contributed by atoms with E-state index in [2.05, 4.69) is 45.9 Å². The third kappa shape index (κ3) is 1.66. The Morgan fingerprint density at radius 3 is 2.61 bits per heavy atom. The number of imidazole rings is 1. The van der Waals surface area contributed by atoms with Gasteiger partial charge in [0.1, 0.15) is 17.7 Å². The van der Waals surface area contributed by atoms with Gasteiger partial charge in [-0.3, -0.25) is 0 Å². The van der Waals surface area contributed by atoms with Gasteiger partial charge < -0.3 is 4.98 Å². The van der Waals surface area contributed by atoms with Gasteiger partial charge in [0.15, 0.2) is 5.65 Å². The number of fused-ring (bicyclic) bond motifs is 1. The molecule has 0 aliphatic rings. The van der Waals surface area contributed by atoms with Crippen molar-refractivity contribution >= 4 is 11.2 Å². The van der Waals surface area contributed by atoms with Crippen LogP contribution in [0.5, 0.6) is 0 Å². The predicted molar refractivity (Wildman–Crippen MR) is 70.3 cm³/mol. The van der Waals surface area contributed by atoms with Crippen molar-refractivity contribution in [3.8, 4) is 0 Å². The molecule has 0 unspecified atom stereocenters. The Kier molecular flexibility index (Phi) is 2.37. The molecule has 18 heavy (non-hydrogen) atoms. The minimum Gasteiger partial charge on any atom is -0.339 e. The number of hydrogen-bond acceptors (Lipinski definition) is 3. The number of hydrogen-bond donors (Lipinski definition) is 1. The summed E-state index contributed by atoms with van der Waals surface area (Å²) in [5, 5.41) is 0. The average molecular weight is 238 g/mol. The third-order valence-corrected chi connectivity index (χ3v) is 3.25. The van der Waals surface area contributed by atoms with E-state index in [1.54, 1.807) is 6.20 Å². The van der Waals surface area contributed by atoms with E-state index in [-0.39, 0.29) is 5.41 Å². The molecule has 0 bridgehead atoms. The van der Waals surface area contributed by atoms with Crippen LogP contribution in [0.25, 0.3) is 11.2 Å². The Balaban J connectivity index is 2.13. The van der Waals surface area contributed by atoms with Gasteiger partial charge >= 0.3 is 0 Å². The molecule has 0 spiro atoms. The molecule has 0 saturated carbocycles. The zero-order valence-electron chi connectivity index (χ0n) is 10.4. The van der Waals surface area contributed by atoms with Crippen LogP contribution in [0.2, 0.25) is 0 Å². The topological polar surface area (TPSA) is 54.5 Å². The molecule has 0 fully saturated rings. The second kappa shape index (κ2) is 3.91. The lowest BCUT2D eigenvalue weighted by Gasteiger charge is -2.22. The molecule has 0 aliphatic heterocycles. The monoisotopic (exact) mass is 238 g/mol. The lowest BCUT2D eigenvalue weighted by atomic mass is 9.84. The summed E-state index contributed by atoms with van der Waals surface area (Å²) < 4.78 is 0. The van der Waals surface area contributed by atoms with Crippen molar-refractivity contribution in [2.75, 3.05) is 0 Å². The predicted octanol–water partition coefficient (Wildman–Crippen LogP) is 2.68. The van der Waals surface area contributed by atoms with E-state index in [4.69, 9.17) is 0 Å². The van der Waals surface area contributed by atoms with E-state index in [1.165, 1.54) is 11.9 Å². The minimum atomic E-state index is -0.179. The molecule has 1 N–H and O–H groups in total. The molecule has 1 aromatic carbocycles. The maximum absolute atomic E-state index is 4.55. The van der Waals surface area contributed by atoms with Crippen LogP contribution < -0.4 is 0 Å². The molecule has 0 aliphatic carbocycles. The Labute approximate surface area is 105 Å². The second-order valence-electron chi connectivity index (χ2n) is 4.84. The number of aromatic amines is 1. The lowest BCUT2D eigenvalue weighted by molar-refractivity contribution is 0.601. The lowest BCUT2D eigenvalue weighted by Crippen LogP contribution is -2.20. The van der Waals surface area contributed by atoms with Gasteiger partial charge in [-0.25, -0.2) is 15.0 Å². The van der Waals surface area contributed by atoms with Gasteiger partial charge in [0, 0.05) is 5.41 Å². The van der Waals surface area contributed by atoms with Gasteiger partial charge in [0.2, 0.25) is 0 Å². The molecule has 0 amide bonds. The highest BCUT2D eigenvalue weighted by Crippen LogP contribution is 2.29. The largest absolute Gasteiger partial charge is 0.339 e. The van der Waals surface area contributed by atoms with E-state index in [9.17, 15) is 0 Å². The van der Waals surface area contributed by atoms with Crippen molar-refractivity contribution in [3.05, 3.63) is 54.2 Å². The summed E-state index contributed by atoms with van der Waals surface area (Å²) in [5.74, 6) is 0.907. The first kappa shape index (κ1) is 10.9. The molecular weight excluding hydrogens is 224 g/mol. The highest BCUT2D eigenvalue weighted by Gasteiger charge is 2.26. The average Bonchev–Trinajstić information content (AvgIpc) is 2.84. The fraction of sp³-hybridized carbons (Fsp3) is 0.214. The fourth-order valence-electron chi connectivity index (χ4n) is 2.05. The molecule has 3 rings (SSSR count). The van der Waals surface area contributed by atoms with Gasteiger partial charge in [-0.1, -0.05) is 30.3 Å². The summed E-state index contributed by atoms with van der Waals surface area (Å²) in [5.41, 5.74) is 2.62. The number of nitrogens with zero attached hydrogens (tertiary/aromatic N) is 3. The van der Waals surface area contributed by atoms with Crippen LogP contribution in [0.15, 0.2) is 42.9 Å². The number of benzene rings is 1. The summed E-state index contributed by atoms with van der Waals surface area (Å²) in [7, 11) is 0. The number of rotatable bonds is 2. The molecule has 3 aromatic rings. The molecular formula is C14H14N4. The molecule has 0 saturated heterocycles. The number of aromatic nitrogens is 4. The van der Waals surface area contributed by atoms with Crippen LogP contribution >= 0.6 is 0 Å². The number of nitrogens with one attached hydrogen (secondary N) is 1. The molecule has 2 heterocycles. The van der Waals surface area contributed by atoms with Crippen LogP contribution in [0.3, 0.4) is 0 Å². The molecule has 4 nitrogen and oxygen atoms in total. The maximum Gasteiger partial charge on any atom is 0.180 e. The summed E-state index contributed by atoms with van der Waals surface area (Å²) in [6, 6.07) is 10.3. The first-order valence-corrected chi connectivity index (χ1v) is 5.89.